The number of alkyl halides is 3. The van der Waals surface area contributed by atoms with Crippen molar-refractivity contribution in [1.29, 1.82) is 5.26 Å². The number of nitriles is 1. The molecular weight excluding hydrogens is 401 g/mol. The molecule has 1 fully saturated rings. The van der Waals surface area contributed by atoms with E-state index in [1.54, 1.807) is 6.07 Å². The summed E-state index contributed by atoms with van der Waals surface area (Å²) in [6.07, 6.45) is -4.72. The summed E-state index contributed by atoms with van der Waals surface area (Å²) >= 11 is 0. The van der Waals surface area contributed by atoms with E-state index in [0.717, 1.165) is 12.1 Å². The average molecular weight is 421 g/mol. The molecule has 0 aromatic heterocycles. The molecule has 2 aromatic carbocycles. The maximum Gasteiger partial charge on any atom is 0.494 e. The third-order valence-electron chi connectivity index (χ3n) is 5.41. The maximum atomic E-state index is 13.3. The molecule has 3 rings (SSSR count). The summed E-state index contributed by atoms with van der Waals surface area (Å²) in [4.78, 5) is 0. The Labute approximate surface area is 172 Å². The Morgan fingerprint density at radius 2 is 1.67 bits per heavy atom. The zero-order chi connectivity index (χ0) is 22.3. The van der Waals surface area contributed by atoms with E-state index in [2.05, 4.69) is 0 Å². The van der Waals surface area contributed by atoms with Crippen LogP contribution in [0.1, 0.15) is 44.4 Å². The van der Waals surface area contributed by atoms with E-state index in [9.17, 15) is 22.8 Å². The molecule has 2 aromatic rings. The lowest BCUT2D eigenvalue weighted by atomic mass is 9.78. The molecule has 1 aliphatic rings. The van der Waals surface area contributed by atoms with Crippen molar-refractivity contribution in [3.63, 3.8) is 0 Å². The zero-order valence-electron chi connectivity index (χ0n) is 16.9. The second-order valence-electron chi connectivity index (χ2n) is 8.04. The van der Waals surface area contributed by atoms with E-state index in [4.69, 9.17) is 14.0 Å². The van der Waals surface area contributed by atoms with E-state index < -0.39 is 42.5 Å². The minimum atomic E-state index is -4.72. The number of rotatable bonds is 4. The van der Waals surface area contributed by atoms with Crippen LogP contribution in [0.3, 0.4) is 0 Å². The van der Waals surface area contributed by atoms with Gasteiger partial charge < -0.3 is 14.0 Å². The van der Waals surface area contributed by atoms with Crippen LogP contribution in [0.2, 0.25) is 0 Å². The van der Waals surface area contributed by atoms with Crippen LogP contribution in [-0.4, -0.2) is 18.3 Å². The van der Waals surface area contributed by atoms with Crippen LogP contribution in [0.25, 0.3) is 0 Å². The lowest BCUT2D eigenvalue weighted by Gasteiger charge is -2.32. The predicted octanol–water partition coefficient (Wildman–Crippen LogP) is 4.59. The van der Waals surface area contributed by atoms with Crippen LogP contribution in [0.15, 0.2) is 36.4 Å². The quantitative estimate of drug-likeness (QED) is 0.535. The van der Waals surface area contributed by atoms with E-state index in [1.807, 2.05) is 33.8 Å². The Morgan fingerprint density at radius 3 is 2.23 bits per heavy atom. The van der Waals surface area contributed by atoms with Crippen LogP contribution in [0, 0.1) is 17.1 Å². The number of benzene rings is 2. The standard InChI is InChI=1S/C21H20BF4NO3/c1-19(2)20(3,4)30-22(29-19)15-6-8-18(14(9-15)11-27)28-12-13-5-7-16(23)10-17(13)21(24,25)26/h5-10H,12H2,1-4H3. The van der Waals surface area contributed by atoms with Gasteiger partial charge in [0.1, 0.15) is 24.2 Å². The van der Waals surface area contributed by atoms with E-state index in [-0.39, 0.29) is 16.9 Å². The van der Waals surface area contributed by atoms with Gasteiger partial charge in [-0.15, -0.1) is 0 Å². The van der Waals surface area contributed by atoms with Gasteiger partial charge in [0.05, 0.1) is 22.3 Å². The van der Waals surface area contributed by atoms with E-state index >= 15 is 0 Å². The summed E-state index contributed by atoms with van der Waals surface area (Å²) in [6, 6.07) is 8.98. The largest absolute Gasteiger partial charge is 0.494 e. The van der Waals surface area contributed by atoms with Crippen molar-refractivity contribution in [2.45, 2.75) is 51.7 Å². The number of nitrogens with zero attached hydrogens (tertiary/aromatic N) is 1. The second-order valence-corrected chi connectivity index (χ2v) is 8.04. The van der Waals surface area contributed by atoms with Crippen molar-refractivity contribution in [1.82, 2.24) is 0 Å². The first kappa shape index (κ1) is 22.1. The summed E-state index contributed by atoms with van der Waals surface area (Å²) in [5.74, 6) is -0.884. The van der Waals surface area contributed by atoms with Crippen molar-refractivity contribution >= 4 is 12.6 Å². The SMILES string of the molecule is CC1(C)OB(c2ccc(OCc3ccc(F)cc3C(F)(F)F)c(C#N)c2)OC1(C)C. The monoisotopic (exact) mass is 421 g/mol. The van der Waals surface area contributed by atoms with Gasteiger partial charge in [0.15, 0.2) is 0 Å². The Hall–Kier alpha value is -2.57. The van der Waals surface area contributed by atoms with Gasteiger partial charge in [-0.1, -0.05) is 12.1 Å². The number of halogens is 4. The molecule has 1 heterocycles. The number of hydrogen-bond acceptors (Lipinski definition) is 4. The molecule has 0 radical (unpaired) electrons. The average Bonchev–Trinajstić information content (AvgIpc) is 2.87. The Bertz CT molecular complexity index is 983. The molecule has 0 unspecified atom stereocenters. The van der Waals surface area contributed by atoms with Crippen LogP contribution in [-0.2, 0) is 22.1 Å². The number of ether oxygens (including phenoxy) is 1. The molecule has 0 saturated carbocycles. The van der Waals surface area contributed by atoms with Crippen molar-refractivity contribution in [3.8, 4) is 11.8 Å². The molecule has 0 aliphatic carbocycles. The van der Waals surface area contributed by atoms with E-state index in [1.165, 1.54) is 12.1 Å². The summed E-state index contributed by atoms with van der Waals surface area (Å²) in [5.41, 5.74) is -1.75. The van der Waals surface area contributed by atoms with Crippen LogP contribution < -0.4 is 10.2 Å². The van der Waals surface area contributed by atoms with Gasteiger partial charge in [0.2, 0.25) is 0 Å². The van der Waals surface area contributed by atoms with Gasteiger partial charge in [-0.3, -0.25) is 0 Å². The molecule has 30 heavy (non-hydrogen) atoms. The summed E-state index contributed by atoms with van der Waals surface area (Å²) < 4.78 is 70.1. The van der Waals surface area contributed by atoms with Gasteiger partial charge in [-0.2, -0.15) is 18.4 Å². The zero-order valence-corrected chi connectivity index (χ0v) is 16.9. The van der Waals surface area contributed by atoms with Gasteiger partial charge in [0, 0.05) is 5.56 Å². The van der Waals surface area contributed by atoms with Crippen LogP contribution in [0.5, 0.6) is 5.75 Å². The second kappa shape index (κ2) is 7.60. The third kappa shape index (κ3) is 4.30. The normalized spacial score (nSPS) is 17.6. The van der Waals surface area contributed by atoms with Crippen molar-refractivity contribution < 1.29 is 31.6 Å². The molecule has 0 amide bonds. The first-order valence-corrected chi connectivity index (χ1v) is 9.22. The topological polar surface area (TPSA) is 51.5 Å². The van der Waals surface area contributed by atoms with Gasteiger partial charge >= 0.3 is 13.3 Å². The fraction of sp³-hybridized carbons (Fsp3) is 0.381. The van der Waals surface area contributed by atoms with Gasteiger partial charge in [-0.05, 0) is 57.4 Å². The first-order valence-electron chi connectivity index (χ1n) is 9.22. The summed E-state index contributed by atoms with van der Waals surface area (Å²) in [5, 5.41) is 9.47. The Kier molecular flexibility index (Phi) is 5.61. The lowest BCUT2D eigenvalue weighted by Crippen LogP contribution is -2.41. The molecular formula is C21H20BF4NO3. The molecule has 0 spiro atoms. The molecule has 4 nitrogen and oxygen atoms in total. The highest BCUT2D eigenvalue weighted by atomic mass is 19.4. The Balaban J connectivity index is 1.82. The molecule has 1 saturated heterocycles. The maximum absolute atomic E-state index is 13.3. The number of hydrogen-bond donors (Lipinski definition) is 0. The predicted molar refractivity (Wildman–Crippen MR) is 103 cm³/mol. The first-order chi connectivity index (χ1) is 13.8. The molecule has 158 valence electrons. The van der Waals surface area contributed by atoms with Crippen LogP contribution >= 0.6 is 0 Å². The highest BCUT2D eigenvalue weighted by Gasteiger charge is 2.51. The molecule has 0 atom stereocenters. The Morgan fingerprint density at radius 1 is 1.03 bits per heavy atom. The third-order valence-corrected chi connectivity index (χ3v) is 5.41. The smallest absolute Gasteiger partial charge is 0.488 e. The van der Waals surface area contributed by atoms with E-state index in [0.29, 0.717) is 11.5 Å². The summed E-state index contributed by atoms with van der Waals surface area (Å²) in [6.45, 7) is 7.13. The fourth-order valence-corrected chi connectivity index (χ4v) is 2.98. The van der Waals surface area contributed by atoms with Gasteiger partial charge in [0.25, 0.3) is 0 Å². The van der Waals surface area contributed by atoms with Gasteiger partial charge in [-0.25, -0.2) is 4.39 Å². The molecule has 0 bridgehead atoms. The van der Waals surface area contributed by atoms with Crippen LogP contribution in [0.4, 0.5) is 17.6 Å². The molecule has 0 N–H and O–H groups in total. The minimum absolute atomic E-state index is 0.107. The highest BCUT2D eigenvalue weighted by molar-refractivity contribution is 6.62. The molecule has 1 aliphatic heterocycles. The minimum Gasteiger partial charge on any atom is -0.488 e. The summed E-state index contributed by atoms with van der Waals surface area (Å²) in [7, 11) is -0.690. The fourth-order valence-electron chi connectivity index (χ4n) is 2.98. The molecule has 9 heteroatoms. The highest BCUT2D eigenvalue weighted by Crippen LogP contribution is 2.37. The lowest BCUT2D eigenvalue weighted by molar-refractivity contribution is -0.138. The van der Waals surface area contributed by atoms with Crippen molar-refractivity contribution in [3.05, 3.63) is 58.9 Å². The van der Waals surface area contributed by atoms with Crippen molar-refractivity contribution in [2.24, 2.45) is 0 Å². The van der Waals surface area contributed by atoms with Crippen molar-refractivity contribution in [2.75, 3.05) is 0 Å².